The van der Waals surface area contributed by atoms with Gasteiger partial charge < -0.3 is 24.7 Å². The van der Waals surface area contributed by atoms with Gasteiger partial charge in [-0.15, -0.1) is 0 Å². The lowest BCUT2D eigenvalue weighted by molar-refractivity contribution is -0.137. The Morgan fingerprint density at radius 2 is 1.97 bits per heavy atom. The normalized spacial score (nSPS) is 16.3. The molecule has 38 heavy (non-hydrogen) atoms. The summed E-state index contributed by atoms with van der Waals surface area (Å²) in [5, 5.41) is 6.07. The predicted molar refractivity (Wildman–Crippen MR) is 135 cm³/mol. The molecule has 2 aromatic heterocycles. The number of benzene rings is 1. The van der Waals surface area contributed by atoms with Gasteiger partial charge in [0.15, 0.2) is 0 Å². The van der Waals surface area contributed by atoms with Gasteiger partial charge in [-0.2, -0.15) is 13.2 Å². The van der Waals surface area contributed by atoms with E-state index in [-0.39, 0.29) is 23.2 Å². The molecule has 1 aromatic carbocycles. The van der Waals surface area contributed by atoms with Gasteiger partial charge in [-0.25, -0.2) is 19.6 Å². The Hall–Kier alpha value is -4.03. The first-order valence-electron chi connectivity index (χ1n) is 12.0. The second-order valence-electron chi connectivity index (χ2n) is 9.94. The number of methoxy groups -OCH3 is 1. The van der Waals surface area contributed by atoms with Crippen LogP contribution in [0.4, 0.5) is 34.4 Å². The molecular formula is C25H29F3N6O4. The number of aromatic nitrogens is 3. The number of rotatable bonds is 4. The smallest absolute Gasteiger partial charge is 0.419 e. The zero-order valence-electron chi connectivity index (χ0n) is 21.4. The van der Waals surface area contributed by atoms with Crippen molar-refractivity contribution >= 4 is 34.7 Å². The van der Waals surface area contributed by atoms with Crippen LogP contribution in [0.3, 0.4) is 0 Å². The maximum atomic E-state index is 13.9. The largest absolute Gasteiger partial charge is 0.453 e. The lowest BCUT2D eigenvalue weighted by Gasteiger charge is -2.34. The topological polar surface area (TPSA) is 121 Å². The predicted octanol–water partition coefficient (Wildman–Crippen LogP) is 5.63. The van der Waals surface area contributed by atoms with Gasteiger partial charge in [0.2, 0.25) is 5.95 Å². The number of halogens is 3. The summed E-state index contributed by atoms with van der Waals surface area (Å²) in [6.07, 6.45) is -2.25. The standard InChI is InChI=1S/C25H29F3N6O4/c1-24(2,3)38-23(36)34-9-5-6-15(13-34)31-21-30-12-18(25(26,27)28)20(33-21)17-11-29-19-10-14(7-8-16(17)19)32-22(35)37-4/h7-8,10-12,15,29H,5-6,9,13H2,1-4H3,(H,32,35)(H,30,31,33). The molecule has 1 aliphatic heterocycles. The number of fused-ring (bicyclic) bond motifs is 1. The van der Waals surface area contributed by atoms with Crippen molar-refractivity contribution in [2.75, 3.05) is 30.8 Å². The molecule has 0 saturated carbocycles. The van der Waals surface area contributed by atoms with E-state index in [9.17, 15) is 22.8 Å². The van der Waals surface area contributed by atoms with Gasteiger partial charge in [0.25, 0.3) is 0 Å². The van der Waals surface area contributed by atoms with Crippen LogP contribution in [-0.2, 0) is 15.7 Å². The number of hydrogen-bond donors (Lipinski definition) is 3. The second-order valence-corrected chi connectivity index (χ2v) is 9.94. The average molecular weight is 535 g/mol. The van der Waals surface area contributed by atoms with Crippen molar-refractivity contribution < 1.29 is 32.2 Å². The van der Waals surface area contributed by atoms with E-state index in [0.29, 0.717) is 42.5 Å². The number of aromatic amines is 1. The molecule has 13 heteroatoms. The number of carbonyl (C=O) groups excluding carboxylic acids is 2. The fourth-order valence-electron chi connectivity index (χ4n) is 4.20. The second kappa shape index (κ2) is 10.4. The highest BCUT2D eigenvalue weighted by Crippen LogP contribution is 2.39. The Morgan fingerprint density at radius 1 is 1.21 bits per heavy atom. The molecule has 2 amide bonds. The highest BCUT2D eigenvalue weighted by Gasteiger charge is 2.36. The molecule has 3 N–H and O–H groups in total. The van der Waals surface area contributed by atoms with Crippen LogP contribution in [0, 0.1) is 0 Å². The number of amides is 2. The van der Waals surface area contributed by atoms with Crippen molar-refractivity contribution in [2.24, 2.45) is 0 Å². The average Bonchev–Trinajstić information content (AvgIpc) is 3.25. The van der Waals surface area contributed by atoms with Crippen LogP contribution in [0.2, 0.25) is 0 Å². The third-order valence-corrected chi connectivity index (χ3v) is 5.87. The number of hydrogen-bond acceptors (Lipinski definition) is 7. The van der Waals surface area contributed by atoms with Crippen molar-refractivity contribution in [2.45, 2.75) is 51.4 Å². The van der Waals surface area contributed by atoms with Gasteiger partial charge in [-0.05, 0) is 45.7 Å². The third-order valence-electron chi connectivity index (χ3n) is 5.87. The summed E-state index contributed by atoms with van der Waals surface area (Å²) in [4.78, 5) is 36.7. The first-order valence-corrected chi connectivity index (χ1v) is 12.0. The van der Waals surface area contributed by atoms with Crippen LogP contribution in [0.1, 0.15) is 39.2 Å². The minimum absolute atomic E-state index is 0.0161. The fourth-order valence-corrected chi connectivity index (χ4v) is 4.20. The Bertz CT molecular complexity index is 1330. The van der Waals surface area contributed by atoms with Gasteiger partial charge in [0.05, 0.1) is 12.8 Å². The zero-order chi connectivity index (χ0) is 27.7. The number of likely N-dealkylation sites (tertiary alicyclic amines) is 1. The van der Waals surface area contributed by atoms with Crippen LogP contribution < -0.4 is 10.6 Å². The number of carbonyl (C=O) groups is 2. The monoisotopic (exact) mass is 534 g/mol. The van der Waals surface area contributed by atoms with E-state index in [1.807, 2.05) is 0 Å². The van der Waals surface area contributed by atoms with Gasteiger partial charge in [-0.3, -0.25) is 5.32 Å². The molecular weight excluding hydrogens is 505 g/mol. The van der Waals surface area contributed by atoms with Crippen molar-refractivity contribution in [3.05, 3.63) is 36.2 Å². The summed E-state index contributed by atoms with van der Waals surface area (Å²) >= 11 is 0. The number of piperidine rings is 1. The Morgan fingerprint density at radius 3 is 2.66 bits per heavy atom. The van der Waals surface area contributed by atoms with Crippen LogP contribution >= 0.6 is 0 Å². The number of nitrogens with one attached hydrogen (secondary N) is 3. The Balaban J connectivity index is 1.62. The quantitative estimate of drug-likeness (QED) is 0.396. The van der Waals surface area contributed by atoms with E-state index in [0.717, 1.165) is 6.20 Å². The summed E-state index contributed by atoms with van der Waals surface area (Å²) in [6.45, 7) is 6.17. The molecule has 3 aromatic rings. The molecule has 0 bridgehead atoms. The highest BCUT2D eigenvalue weighted by atomic mass is 19.4. The summed E-state index contributed by atoms with van der Waals surface area (Å²) < 4.78 is 51.8. The fraction of sp³-hybridized carbons (Fsp3) is 0.440. The molecule has 1 aliphatic rings. The number of H-pyrrole nitrogens is 1. The Labute approximate surface area is 216 Å². The van der Waals surface area contributed by atoms with Gasteiger partial charge >= 0.3 is 18.4 Å². The van der Waals surface area contributed by atoms with Crippen LogP contribution in [0.5, 0.6) is 0 Å². The molecule has 3 heterocycles. The lowest BCUT2D eigenvalue weighted by atomic mass is 10.0. The molecule has 1 fully saturated rings. The molecule has 1 atom stereocenters. The number of ether oxygens (including phenoxy) is 2. The van der Waals surface area contributed by atoms with Gasteiger partial charge in [0, 0.05) is 53.7 Å². The molecule has 10 nitrogen and oxygen atoms in total. The van der Waals surface area contributed by atoms with Crippen molar-refractivity contribution in [3.8, 4) is 11.3 Å². The van der Waals surface area contributed by atoms with Crippen LogP contribution in [0.25, 0.3) is 22.2 Å². The van der Waals surface area contributed by atoms with Crippen molar-refractivity contribution in [1.29, 1.82) is 0 Å². The minimum Gasteiger partial charge on any atom is -0.453 e. The van der Waals surface area contributed by atoms with E-state index in [4.69, 9.17) is 4.74 Å². The van der Waals surface area contributed by atoms with Crippen molar-refractivity contribution in [1.82, 2.24) is 19.9 Å². The van der Waals surface area contributed by atoms with E-state index in [1.165, 1.54) is 13.3 Å². The van der Waals surface area contributed by atoms with E-state index in [1.54, 1.807) is 43.9 Å². The first-order chi connectivity index (χ1) is 17.8. The summed E-state index contributed by atoms with van der Waals surface area (Å²) in [7, 11) is 1.22. The number of anilines is 2. The molecule has 1 saturated heterocycles. The molecule has 204 valence electrons. The lowest BCUT2D eigenvalue weighted by Crippen LogP contribution is -2.47. The van der Waals surface area contributed by atoms with Crippen LogP contribution in [0.15, 0.2) is 30.6 Å². The number of alkyl halides is 3. The Kier molecular flexibility index (Phi) is 7.38. The maximum Gasteiger partial charge on any atom is 0.419 e. The van der Waals surface area contributed by atoms with Crippen LogP contribution in [-0.4, -0.2) is 63.9 Å². The van der Waals surface area contributed by atoms with Crippen molar-refractivity contribution in [3.63, 3.8) is 0 Å². The van der Waals surface area contributed by atoms with E-state index in [2.05, 4.69) is 30.3 Å². The van der Waals surface area contributed by atoms with E-state index >= 15 is 0 Å². The summed E-state index contributed by atoms with van der Waals surface area (Å²) in [5.41, 5.74) is -0.796. The van der Waals surface area contributed by atoms with E-state index < -0.39 is 29.5 Å². The number of nitrogens with zero attached hydrogens (tertiary/aromatic N) is 3. The molecule has 1 unspecified atom stereocenters. The molecule has 0 spiro atoms. The molecule has 4 rings (SSSR count). The summed E-state index contributed by atoms with van der Waals surface area (Å²) in [5.74, 6) is 0.0161. The first kappa shape index (κ1) is 27.0. The summed E-state index contributed by atoms with van der Waals surface area (Å²) in [6, 6.07) is 4.45. The third kappa shape index (κ3) is 6.26. The molecule has 0 radical (unpaired) electrons. The SMILES string of the molecule is COC(=O)Nc1ccc2c(-c3nc(NC4CCCN(C(=O)OC(C)(C)C)C4)ncc3C(F)(F)F)c[nH]c2c1. The van der Waals surface area contributed by atoms with Gasteiger partial charge in [0.1, 0.15) is 11.2 Å². The van der Waals surface area contributed by atoms with Gasteiger partial charge in [-0.1, -0.05) is 6.07 Å². The molecule has 0 aliphatic carbocycles. The maximum absolute atomic E-state index is 13.9. The minimum atomic E-state index is -4.69. The zero-order valence-corrected chi connectivity index (χ0v) is 21.4. The highest BCUT2D eigenvalue weighted by molar-refractivity contribution is 5.98.